The van der Waals surface area contributed by atoms with Gasteiger partial charge in [0, 0.05) is 0 Å². The normalized spacial score (nSPS) is 14.8. The Morgan fingerprint density at radius 1 is 1.21 bits per heavy atom. The summed E-state index contributed by atoms with van der Waals surface area (Å²) in [6.07, 6.45) is 0.606. The summed E-state index contributed by atoms with van der Waals surface area (Å²) in [5, 5.41) is 2.59. The SMILES string of the molecule is C[I-]c1ccc2c(c1)C(COC(=O)NCCC=O)c1ccccc1-2. The van der Waals surface area contributed by atoms with E-state index in [2.05, 4.69) is 40.6 Å². The average molecular weight is 436 g/mol. The van der Waals surface area contributed by atoms with Crippen LogP contribution in [0, 0.1) is 3.57 Å². The molecule has 0 fully saturated rings. The van der Waals surface area contributed by atoms with Crippen molar-refractivity contribution in [2.75, 3.05) is 18.1 Å². The van der Waals surface area contributed by atoms with Crippen LogP contribution in [-0.4, -0.2) is 30.5 Å². The number of amides is 1. The van der Waals surface area contributed by atoms with Crippen LogP contribution in [-0.2, 0) is 9.53 Å². The molecule has 0 bridgehead atoms. The molecule has 1 aliphatic rings. The quantitative estimate of drug-likeness (QED) is 0.301. The van der Waals surface area contributed by atoms with E-state index in [-0.39, 0.29) is 27.1 Å². The first-order valence-corrected chi connectivity index (χ1v) is 11.0. The first-order chi connectivity index (χ1) is 11.7. The standard InChI is InChI=1S/C19H19INO3/c1-20-13-7-8-16-14-5-2-3-6-15(14)18(17(16)11-13)12-24-19(23)21-9-4-10-22/h2-3,5-8,10-11,18H,4,9,12H2,1H3,(H,21,23)/q-1. The van der Waals surface area contributed by atoms with Gasteiger partial charge in [-0.05, 0) is 0 Å². The molecule has 0 saturated carbocycles. The van der Waals surface area contributed by atoms with Gasteiger partial charge in [0.25, 0.3) is 0 Å². The monoisotopic (exact) mass is 436 g/mol. The molecule has 0 heterocycles. The zero-order chi connectivity index (χ0) is 16.9. The van der Waals surface area contributed by atoms with Crippen molar-refractivity contribution in [1.29, 1.82) is 0 Å². The van der Waals surface area contributed by atoms with Crippen LogP contribution in [0.4, 0.5) is 4.79 Å². The molecule has 0 saturated heterocycles. The Morgan fingerprint density at radius 2 is 2.00 bits per heavy atom. The van der Waals surface area contributed by atoms with Gasteiger partial charge in [-0.25, -0.2) is 0 Å². The molecular formula is C19H19INO3-. The Hall–Kier alpha value is -1.89. The molecule has 1 aliphatic carbocycles. The molecule has 5 heteroatoms. The summed E-state index contributed by atoms with van der Waals surface area (Å²) in [6.45, 7) is 0.618. The molecule has 1 atom stereocenters. The Morgan fingerprint density at radius 3 is 2.79 bits per heavy atom. The fourth-order valence-corrected chi connectivity index (χ4v) is 4.21. The predicted octanol–water partition coefficient (Wildman–Crippen LogP) is 0.00250. The van der Waals surface area contributed by atoms with Gasteiger partial charge in [-0.1, -0.05) is 0 Å². The van der Waals surface area contributed by atoms with E-state index >= 15 is 0 Å². The van der Waals surface area contributed by atoms with Crippen molar-refractivity contribution >= 4 is 12.4 Å². The zero-order valence-electron chi connectivity index (χ0n) is 13.4. The van der Waals surface area contributed by atoms with Crippen molar-refractivity contribution in [3.05, 3.63) is 57.2 Å². The Bertz CT molecular complexity index is 760. The number of benzene rings is 2. The number of hydrogen-bond acceptors (Lipinski definition) is 3. The molecule has 3 rings (SSSR count). The van der Waals surface area contributed by atoms with Gasteiger partial charge in [0.1, 0.15) is 0 Å². The van der Waals surface area contributed by atoms with E-state index in [0.29, 0.717) is 19.6 Å². The molecule has 0 radical (unpaired) electrons. The van der Waals surface area contributed by atoms with E-state index in [1.807, 2.05) is 12.1 Å². The maximum atomic E-state index is 11.8. The fourth-order valence-electron chi connectivity index (χ4n) is 3.02. The first-order valence-electron chi connectivity index (χ1n) is 7.81. The third-order valence-electron chi connectivity index (χ3n) is 4.15. The third-order valence-corrected chi connectivity index (χ3v) is 6.06. The molecule has 0 spiro atoms. The van der Waals surface area contributed by atoms with Gasteiger partial charge in [0.15, 0.2) is 0 Å². The van der Waals surface area contributed by atoms with Gasteiger partial charge < -0.3 is 0 Å². The molecule has 2 aromatic rings. The van der Waals surface area contributed by atoms with Crippen molar-refractivity contribution in [1.82, 2.24) is 5.32 Å². The van der Waals surface area contributed by atoms with E-state index in [4.69, 9.17) is 4.74 Å². The Balaban J connectivity index is 1.80. The molecule has 0 aliphatic heterocycles. The number of fused-ring (bicyclic) bond motifs is 3. The van der Waals surface area contributed by atoms with Crippen LogP contribution in [0.25, 0.3) is 11.1 Å². The summed E-state index contributed by atoms with van der Waals surface area (Å²) in [6, 6.07) is 15.0. The molecule has 0 aromatic heterocycles. The van der Waals surface area contributed by atoms with Gasteiger partial charge in [0.05, 0.1) is 0 Å². The second kappa shape index (κ2) is 7.79. The first kappa shape index (κ1) is 17.0. The van der Waals surface area contributed by atoms with Gasteiger partial charge in [-0.15, -0.1) is 0 Å². The van der Waals surface area contributed by atoms with Crippen LogP contribution >= 0.6 is 0 Å². The van der Waals surface area contributed by atoms with Gasteiger partial charge >= 0.3 is 152 Å². The molecule has 2 aromatic carbocycles. The molecule has 126 valence electrons. The number of halogens is 1. The number of rotatable bonds is 6. The van der Waals surface area contributed by atoms with Gasteiger partial charge in [0.2, 0.25) is 0 Å². The zero-order valence-corrected chi connectivity index (χ0v) is 15.6. The summed E-state index contributed by atoms with van der Waals surface area (Å²) in [7, 11) is 0. The fraction of sp³-hybridized carbons (Fsp3) is 0.263. The topological polar surface area (TPSA) is 55.4 Å². The van der Waals surface area contributed by atoms with Crippen LogP contribution < -0.4 is 26.5 Å². The number of alkyl halides is 1. The number of nitrogens with one attached hydrogen (secondary N) is 1. The van der Waals surface area contributed by atoms with Crippen molar-refractivity contribution in [2.45, 2.75) is 12.3 Å². The maximum absolute atomic E-state index is 11.8. The molecule has 24 heavy (non-hydrogen) atoms. The van der Waals surface area contributed by atoms with Crippen LogP contribution in [0.15, 0.2) is 42.5 Å². The molecule has 4 nitrogen and oxygen atoms in total. The van der Waals surface area contributed by atoms with E-state index in [1.165, 1.54) is 25.8 Å². The number of aldehydes is 1. The van der Waals surface area contributed by atoms with E-state index < -0.39 is 6.09 Å². The average Bonchev–Trinajstić information content (AvgIpc) is 2.93. The number of carbonyl (C=O) groups is 2. The van der Waals surface area contributed by atoms with E-state index in [9.17, 15) is 9.59 Å². The van der Waals surface area contributed by atoms with Crippen LogP contribution in [0.1, 0.15) is 23.5 Å². The summed E-state index contributed by atoms with van der Waals surface area (Å²) in [5.41, 5.74) is 4.92. The van der Waals surface area contributed by atoms with Crippen LogP contribution in [0.3, 0.4) is 0 Å². The number of ether oxygens (including phenoxy) is 1. The number of alkyl carbamates (subject to hydrolysis) is 1. The second-order valence-corrected chi connectivity index (χ2v) is 7.87. The second-order valence-electron chi connectivity index (χ2n) is 5.54. The van der Waals surface area contributed by atoms with Crippen LogP contribution in [0.2, 0.25) is 0 Å². The number of carbonyl (C=O) groups excluding carboxylic acids is 2. The molecule has 1 N–H and O–H groups in total. The minimum atomic E-state index is -0.471. The summed E-state index contributed by atoms with van der Waals surface area (Å²) >= 11 is 0.0188. The van der Waals surface area contributed by atoms with Crippen LogP contribution in [0.5, 0.6) is 0 Å². The molecular weight excluding hydrogens is 417 g/mol. The van der Waals surface area contributed by atoms with Crippen molar-refractivity contribution in [2.24, 2.45) is 0 Å². The van der Waals surface area contributed by atoms with Crippen molar-refractivity contribution in [3.8, 4) is 11.1 Å². The summed E-state index contributed by atoms with van der Waals surface area (Å²) in [5.74, 6) is 0.0727. The molecule has 1 amide bonds. The van der Waals surface area contributed by atoms with Gasteiger partial charge in [-0.3, -0.25) is 0 Å². The van der Waals surface area contributed by atoms with E-state index in [0.717, 1.165) is 6.29 Å². The van der Waals surface area contributed by atoms with Crippen molar-refractivity contribution < 1.29 is 35.5 Å². The van der Waals surface area contributed by atoms with Gasteiger partial charge in [-0.2, -0.15) is 0 Å². The third kappa shape index (κ3) is 3.45. The summed E-state index contributed by atoms with van der Waals surface area (Å²) in [4.78, 5) is 24.3. The van der Waals surface area contributed by atoms with E-state index in [1.54, 1.807) is 0 Å². The minimum absolute atomic E-state index is 0.0188. The Kier molecular flexibility index (Phi) is 5.50. The molecule has 1 unspecified atom stereocenters. The predicted molar refractivity (Wildman–Crippen MR) is 88.4 cm³/mol. The number of hydrogen-bond donors (Lipinski definition) is 1. The summed E-state index contributed by atoms with van der Waals surface area (Å²) < 4.78 is 6.79. The Labute approximate surface area is 151 Å². The van der Waals surface area contributed by atoms with Crippen molar-refractivity contribution in [3.63, 3.8) is 0 Å².